The maximum Gasteiger partial charge on any atom is 0.269 e. The van der Waals surface area contributed by atoms with Crippen LogP contribution >= 0.6 is 0 Å². The number of hydrogen-bond acceptors (Lipinski definition) is 5. The van der Waals surface area contributed by atoms with E-state index in [2.05, 4.69) is 5.32 Å². The normalized spacial score (nSPS) is 13.3. The van der Waals surface area contributed by atoms with Gasteiger partial charge in [0.2, 0.25) is 0 Å². The number of halogens is 1. The lowest BCUT2D eigenvalue weighted by Gasteiger charge is -2.18. The van der Waals surface area contributed by atoms with Gasteiger partial charge < -0.3 is 15.2 Å². The van der Waals surface area contributed by atoms with Crippen LogP contribution in [0.3, 0.4) is 0 Å². The summed E-state index contributed by atoms with van der Waals surface area (Å²) in [6, 6.07) is 11.7. The Morgan fingerprint density at radius 2 is 1.83 bits per heavy atom. The molecule has 2 aromatic carbocycles. The van der Waals surface area contributed by atoms with Crippen molar-refractivity contribution in [1.29, 1.82) is 0 Å². The molecule has 0 fully saturated rings. The second-order valence-electron chi connectivity index (χ2n) is 5.40. The van der Waals surface area contributed by atoms with Crippen LogP contribution in [0.15, 0.2) is 48.5 Å². The highest BCUT2D eigenvalue weighted by atomic mass is 19.1. The molecule has 0 spiro atoms. The molecule has 2 aromatic rings. The van der Waals surface area contributed by atoms with Crippen LogP contribution in [0.2, 0.25) is 0 Å². The number of nitrogens with zero attached hydrogens (tertiary/aromatic N) is 1. The first-order chi connectivity index (χ1) is 11.5. The van der Waals surface area contributed by atoms with Gasteiger partial charge in [0, 0.05) is 24.7 Å². The number of nitro benzene ring substituents is 1. The van der Waals surface area contributed by atoms with Crippen molar-refractivity contribution < 1.29 is 19.2 Å². The quantitative estimate of drug-likeness (QED) is 0.573. The van der Waals surface area contributed by atoms with Crippen molar-refractivity contribution in [3.63, 3.8) is 0 Å². The summed E-state index contributed by atoms with van der Waals surface area (Å²) in [7, 11) is 0. The zero-order chi connectivity index (χ0) is 17.5. The second-order valence-corrected chi connectivity index (χ2v) is 5.40. The van der Waals surface area contributed by atoms with Crippen molar-refractivity contribution in [2.75, 3.05) is 13.2 Å². The number of aliphatic hydroxyl groups is 1. The molecule has 2 rings (SSSR count). The van der Waals surface area contributed by atoms with E-state index in [1.807, 2.05) is 6.92 Å². The molecule has 2 unspecified atom stereocenters. The highest BCUT2D eigenvalue weighted by Gasteiger charge is 2.11. The van der Waals surface area contributed by atoms with Crippen LogP contribution in [0.4, 0.5) is 10.1 Å². The lowest BCUT2D eigenvalue weighted by atomic mass is 10.1. The van der Waals surface area contributed by atoms with Gasteiger partial charge in [-0.15, -0.1) is 0 Å². The molecule has 2 N–H and O–H groups in total. The Bertz CT molecular complexity index is 661. The zero-order valence-corrected chi connectivity index (χ0v) is 13.2. The molecular formula is C17H19FN2O4. The molecule has 0 amide bonds. The topological polar surface area (TPSA) is 84.6 Å². The smallest absolute Gasteiger partial charge is 0.269 e. The van der Waals surface area contributed by atoms with E-state index in [1.165, 1.54) is 36.4 Å². The van der Waals surface area contributed by atoms with E-state index >= 15 is 0 Å². The first-order valence-corrected chi connectivity index (χ1v) is 7.50. The summed E-state index contributed by atoms with van der Waals surface area (Å²) >= 11 is 0. The fourth-order valence-electron chi connectivity index (χ4n) is 2.10. The highest BCUT2D eigenvalue weighted by molar-refractivity contribution is 5.34. The van der Waals surface area contributed by atoms with Gasteiger partial charge in [-0.25, -0.2) is 4.39 Å². The number of rotatable bonds is 8. The molecule has 0 saturated heterocycles. The summed E-state index contributed by atoms with van der Waals surface area (Å²) in [5, 5.41) is 23.7. The number of aliphatic hydroxyl groups excluding tert-OH is 1. The predicted octanol–water partition coefficient (Wildman–Crippen LogP) is 2.82. The van der Waals surface area contributed by atoms with Gasteiger partial charge in [-0.2, -0.15) is 0 Å². The van der Waals surface area contributed by atoms with Crippen molar-refractivity contribution in [3.8, 4) is 5.75 Å². The monoisotopic (exact) mass is 334 g/mol. The molecule has 7 heteroatoms. The minimum atomic E-state index is -0.740. The highest BCUT2D eigenvalue weighted by Crippen LogP contribution is 2.17. The lowest BCUT2D eigenvalue weighted by molar-refractivity contribution is -0.384. The van der Waals surface area contributed by atoms with Crippen LogP contribution in [0.1, 0.15) is 18.5 Å². The molecule has 0 radical (unpaired) electrons. The van der Waals surface area contributed by atoms with Gasteiger partial charge in [0.05, 0.1) is 4.92 Å². The molecule has 0 aromatic heterocycles. The van der Waals surface area contributed by atoms with Gasteiger partial charge in [0.1, 0.15) is 24.3 Å². The van der Waals surface area contributed by atoms with Crippen molar-refractivity contribution in [2.45, 2.75) is 19.1 Å². The summed E-state index contributed by atoms with van der Waals surface area (Å²) in [6.45, 7) is 2.26. The number of nitrogens with one attached hydrogen (secondary N) is 1. The second kappa shape index (κ2) is 8.37. The van der Waals surface area contributed by atoms with Gasteiger partial charge in [-0.1, -0.05) is 12.1 Å². The standard InChI is InChI=1S/C17H19FN2O4/c1-12(13-2-6-15(7-3-13)20(22)23)19-10-16(21)11-24-17-8-4-14(18)5-9-17/h2-9,12,16,19,21H,10-11H2,1H3. The molecule has 0 aliphatic rings. The Hall–Kier alpha value is -2.51. The Morgan fingerprint density at radius 1 is 1.21 bits per heavy atom. The Labute approximate surface area is 139 Å². The minimum Gasteiger partial charge on any atom is -0.491 e. The van der Waals surface area contributed by atoms with E-state index in [4.69, 9.17) is 4.74 Å². The van der Waals surface area contributed by atoms with Crippen molar-refractivity contribution in [2.24, 2.45) is 0 Å². The average molecular weight is 334 g/mol. The minimum absolute atomic E-state index is 0.0404. The molecule has 0 bridgehead atoms. The zero-order valence-electron chi connectivity index (χ0n) is 13.2. The van der Waals surface area contributed by atoms with E-state index in [0.29, 0.717) is 12.3 Å². The van der Waals surface area contributed by atoms with Gasteiger partial charge >= 0.3 is 0 Å². The van der Waals surface area contributed by atoms with E-state index < -0.39 is 11.0 Å². The van der Waals surface area contributed by atoms with Crippen LogP contribution in [0.5, 0.6) is 5.75 Å². The predicted molar refractivity (Wildman–Crippen MR) is 87.4 cm³/mol. The van der Waals surface area contributed by atoms with Gasteiger partial charge in [0.25, 0.3) is 5.69 Å². The van der Waals surface area contributed by atoms with Crippen LogP contribution in [0, 0.1) is 15.9 Å². The third-order valence-electron chi connectivity index (χ3n) is 3.52. The third kappa shape index (κ3) is 5.29. The van der Waals surface area contributed by atoms with E-state index in [0.717, 1.165) is 5.56 Å². The average Bonchev–Trinajstić information content (AvgIpc) is 2.59. The number of benzene rings is 2. The van der Waals surface area contributed by atoms with Crippen LogP contribution in [-0.2, 0) is 0 Å². The molecule has 0 saturated carbocycles. The Morgan fingerprint density at radius 3 is 2.42 bits per heavy atom. The lowest BCUT2D eigenvalue weighted by Crippen LogP contribution is -2.33. The van der Waals surface area contributed by atoms with Gasteiger partial charge in [-0.3, -0.25) is 10.1 Å². The molecule has 0 aliphatic heterocycles. The van der Waals surface area contributed by atoms with E-state index in [-0.39, 0.29) is 24.2 Å². The summed E-state index contributed by atoms with van der Waals surface area (Å²) < 4.78 is 18.1. The third-order valence-corrected chi connectivity index (χ3v) is 3.52. The van der Waals surface area contributed by atoms with E-state index in [9.17, 15) is 19.6 Å². The van der Waals surface area contributed by atoms with Gasteiger partial charge in [0.15, 0.2) is 0 Å². The van der Waals surface area contributed by atoms with E-state index in [1.54, 1.807) is 12.1 Å². The number of ether oxygens (including phenoxy) is 1. The van der Waals surface area contributed by atoms with Crippen LogP contribution < -0.4 is 10.1 Å². The van der Waals surface area contributed by atoms with Crippen LogP contribution in [0.25, 0.3) is 0 Å². The fourth-order valence-corrected chi connectivity index (χ4v) is 2.10. The Kier molecular flexibility index (Phi) is 6.22. The molecule has 0 aliphatic carbocycles. The summed E-state index contributed by atoms with van der Waals surface area (Å²) in [4.78, 5) is 10.2. The fraction of sp³-hybridized carbons (Fsp3) is 0.294. The molecule has 128 valence electrons. The summed E-state index contributed by atoms with van der Waals surface area (Å²) in [5.74, 6) is 0.139. The summed E-state index contributed by atoms with van der Waals surface area (Å²) in [5.41, 5.74) is 0.922. The first kappa shape index (κ1) is 17.8. The van der Waals surface area contributed by atoms with Crippen LogP contribution in [-0.4, -0.2) is 29.3 Å². The Balaban J connectivity index is 1.77. The largest absolute Gasteiger partial charge is 0.491 e. The molecule has 0 heterocycles. The molecule has 6 nitrogen and oxygen atoms in total. The maximum atomic E-state index is 12.8. The first-order valence-electron chi connectivity index (χ1n) is 7.50. The number of non-ortho nitro benzene ring substituents is 1. The maximum absolute atomic E-state index is 12.8. The number of hydrogen-bond donors (Lipinski definition) is 2. The summed E-state index contributed by atoms with van der Waals surface area (Å²) in [6.07, 6.45) is -0.740. The van der Waals surface area contributed by atoms with Crippen molar-refractivity contribution in [1.82, 2.24) is 5.32 Å². The molecule has 2 atom stereocenters. The number of nitro groups is 1. The van der Waals surface area contributed by atoms with Crippen molar-refractivity contribution in [3.05, 3.63) is 70.0 Å². The van der Waals surface area contributed by atoms with Gasteiger partial charge in [-0.05, 0) is 36.8 Å². The SMILES string of the molecule is CC(NCC(O)COc1ccc(F)cc1)c1ccc([N+](=O)[O-])cc1. The molecule has 24 heavy (non-hydrogen) atoms. The van der Waals surface area contributed by atoms with Crippen molar-refractivity contribution >= 4 is 5.69 Å². The molecular weight excluding hydrogens is 315 g/mol.